The van der Waals surface area contributed by atoms with Crippen molar-refractivity contribution in [3.63, 3.8) is 0 Å². The molecule has 1 amide bonds. The Morgan fingerprint density at radius 3 is 2.56 bits per heavy atom. The number of ether oxygens (including phenoxy) is 2. The molecular weight excluding hydrogens is 431 g/mol. The number of nitrogens with one attached hydrogen (secondary N) is 1. The zero-order valence-electron chi connectivity index (χ0n) is 17.6. The summed E-state index contributed by atoms with van der Waals surface area (Å²) in [5.41, 5.74) is 1.08. The van der Waals surface area contributed by atoms with Crippen LogP contribution in [-0.4, -0.2) is 77.6 Å². The first kappa shape index (κ1) is 24.4. The molecule has 0 aromatic carbocycles. The van der Waals surface area contributed by atoms with Gasteiger partial charge in [0.2, 0.25) is 5.91 Å². The highest BCUT2D eigenvalue weighted by atomic mass is 19.4. The van der Waals surface area contributed by atoms with Gasteiger partial charge in [0, 0.05) is 51.5 Å². The van der Waals surface area contributed by atoms with Crippen LogP contribution in [0.2, 0.25) is 0 Å². The topological polar surface area (TPSA) is 101 Å². The summed E-state index contributed by atoms with van der Waals surface area (Å²) in [5, 5.41) is 10.2. The van der Waals surface area contributed by atoms with E-state index in [2.05, 4.69) is 21.3 Å². The molecule has 0 bridgehead atoms. The normalized spacial score (nSPS) is 26.2. The van der Waals surface area contributed by atoms with Gasteiger partial charge in [-0.25, -0.2) is 4.79 Å². The Morgan fingerprint density at radius 1 is 1.22 bits per heavy atom. The molecular formula is C21H28F3N3O5. The van der Waals surface area contributed by atoms with Gasteiger partial charge in [0.1, 0.15) is 6.10 Å². The van der Waals surface area contributed by atoms with Crippen molar-refractivity contribution in [3.05, 3.63) is 30.1 Å². The highest BCUT2D eigenvalue weighted by Gasteiger charge is 2.45. The zero-order valence-corrected chi connectivity index (χ0v) is 17.6. The minimum absolute atomic E-state index is 0.0543. The third kappa shape index (κ3) is 6.88. The van der Waals surface area contributed by atoms with Crippen LogP contribution in [0.4, 0.5) is 13.2 Å². The van der Waals surface area contributed by atoms with Crippen LogP contribution in [0.5, 0.6) is 0 Å². The number of rotatable bonds is 5. The van der Waals surface area contributed by atoms with Gasteiger partial charge in [-0.15, -0.1) is 0 Å². The number of amides is 1. The fourth-order valence-corrected chi connectivity index (χ4v) is 4.21. The number of fused-ring (bicyclic) bond motifs is 1. The Labute approximate surface area is 184 Å². The van der Waals surface area contributed by atoms with Crippen molar-refractivity contribution in [1.29, 1.82) is 0 Å². The molecule has 2 N–H and O–H groups in total. The first-order valence-corrected chi connectivity index (χ1v) is 10.7. The molecule has 3 aliphatic rings. The molecule has 3 aliphatic heterocycles. The Morgan fingerprint density at radius 2 is 1.94 bits per heavy atom. The summed E-state index contributed by atoms with van der Waals surface area (Å²) in [4.78, 5) is 28.2. The Kier molecular flexibility index (Phi) is 8.44. The largest absolute Gasteiger partial charge is 0.490 e. The predicted molar refractivity (Wildman–Crippen MR) is 107 cm³/mol. The van der Waals surface area contributed by atoms with E-state index in [1.165, 1.54) is 0 Å². The van der Waals surface area contributed by atoms with Crippen LogP contribution in [0.3, 0.4) is 0 Å². The molecule has 0 unspecified atom stereocenters. The van der Waals surface area contributed by atoms with Gasteiger partial charge in [-0.2, -0.15) is 13.2 Å². The zero-order chi connectivity index (χ0) is 23.1. The van der Waals surface area contributed by atoms with E-state index in [0.717, 1.165) is 64.2 Å². The molecule has 0 radical (unpaired) electrons. The number of aliphatic carboxylic acids is 1. The number of likely N-dealkylation sites (tertiary alicyclic amines) is 1. The second kappa shape index (κ2) is 11.1. The second-order valence-electron chi connectivity index (χ2n) is 8.15. The number of aromatic nitrogens is 1. The number of carboxylic acid groups (broad SMARTS) is 1. The maximum atomic E-state index is 12.5. The third-order valence-electron chi connectivity index (χ3n) is 5.93. The summed E-state index contributed by atoms with van der Waals surface area (Å²) < 4.78 is 43.2. The SMILES string of the molecule is O=C(NCC1CCOCC1)[C@H]1C[C@H]2[C@H](CCN2Cc2ccccn2)O1.O=C(O)C(F)(F)F. The number of halogens is 3. The molecule has 3 atom stereocenters. The van der Waals surface area contributed by atoms with Gasteiger partial charge in [0.05, 0.1) is 11.8 Å². The molecule has 8 nitrogen and oxygen atoms in total. The van der Waals surface area contributed by atoms with Crippen LogP contribution in [0, 0.1) is 5.92 Å². The van der Waals surface area contributed by atoms with E-state index < -0.39 is 12.1 Å². The van der Waals surface area contributed by atoms with Gasteiger partial charge in [-0.3, -0.25) is 14.7 Å². The standard InChI is InChI=1S/C19H27N3O3.C2HF3O2/c23-19(21-12-14-5-9-24-10-6-14)18-11-16-17(25-18)4-8-22(16)13-15-3-1-2-7-20-15;3-2(4,5)1(6)7/h1-3,7,14,16-18H,4-6,8-13H2,(H,21,23);(H,6,7)/t16-,17-,18+;/m0./s1. The van der Waals surface area contributed by atoms with E-state index in [4.69, 9.17) is 19.4 Å². The maximum absolute atomic E-state index is 12.5. The second-order valence-corrected chi connectivity index (χ2v) is 8.15. The average molecular weight is 459 g/mol. The summed E-state index contributed by atoms with van der Waals surface area (Å²) in [7, 11) is 0. The van der Waals surface area contributed by atoms with Gasteiger partial charge >= 0.3 is 12.1 Å². The molecule has 0 aliphatic carbocycles. The first-order chi connectivity index (χ1) is 15.2. The summed E-state index contributed by atoms with van der Waals surface area (Å²) >= 11 is 0. The minimum Gasteiger partial charge on any atom is -0.475 e. The lowest BCUT2D eigenvalue weighted by atomic mass is 10.0. The smallest absolute Gasteiger partial charge is 0.475 e. The van der Waals surface area contributed by atoms with Gasteiger partial charge in [-0.05, 0) is 37.3 Å². The molecule has 3 fully saturated rings. The summed E-state index contributed by atoms with van der Waals surface area (Å²) in [6.45, 7) is 4.22. The van der Waals surface area contributed by atoms with E-state index in [-0.39, 0.29) is 18.1 Å². The molecule has 4 rings (SSSR count). The van der Waals surface area contributed by atoms with Crippen molar-refractivity contribution in [2.45, 2.75) is 56.7 Å². The molecule has 1 aromatic rings. The lowest BCUT2D eigenvalue weighted by Gasteiger charge is -2.23. The predicted octanol–water partition coefficient (Wildman–Crippen LogP) is 1.99. The molecule has 11 heteroatoms. The molecule has 1 aromatic heterocycles. The Balaban J connectivity index is 0.000000360. The quantitative estimate of drug-likeness (QED) is 0.695. The van der Waals surface area contributed by atoms with Crippen LogP contribution in [0.15, 0.2) is 24.4 Å². The molecule has 178 valence electrons. The van der Waals surface area contributed by atoms with Crippen molar-refractivity contribution in [2.75, 3.05) is 26.3 Å². The van der Waals surface area contributed by atoms with Gasteiger partial charge in [0.15, 0.2) is 0 Å². The van der Waals surface area contributed by atoms with Gasteiger partial charge in [-0.1, -0.05) is 6.07 Å². The lowest BCUT2D eigenvalue weighted by Crippen LogP contribution is -2.39. The number of pyridine rings is 1. The third-order valence-corrected chi connectivity index (χ3v) is 5.93. The van der Waals surface area contributed by atoms with Crippen molar-refractivity contribution >= 4 is 11.9 Å². The first-order valence-electron chi connectivity index (χ1n) is 10.7. The number of carboxylic acids is 1. The van der Waals surface area contributed by atoms with Crippen molar-refractivity contribution in [3.8, 4) is 0 Å². The molecule has 0 saturated carbocycles. The number of nitrogens with zero attached hydrogens (tertiary/aromatic N) is 2. The number of hydrogen-bond donors (Lipinski definition) is 2. The fraction of sp³-hybridized carbons (Fsp3) is 0.667. The highest BCUT2D eigenvalue weighted by molar-refractivity contribution is 5.81. The van der Waals surface area contributed by atoms with Gasteiger partial charge < -0.3 is 19.9 Å². The number of carbonyl (C=O) groups is 2. The van der Waals surface area contributed by atoms with Crippen LogP contribution in [0.25, 0.3) is 0 Å². The summed E-state index contributed by atoms with van der Waals surface area (Å²) in [6.07, 6.45) is 0.492. The van der Waals surface area contributed by atoms with Crippen molar-refractivity contribution < 1.29 is 37.3 Å². The van der Waals surface area contributed by atoms with Crippen molar-refractivity contribution in [2.24, 2.45) is 5.92 Å². The molecule has 32 heavy (non-hydrogen) atoms. The molecule has 4 heterocycles. The Bertz CT molecular complexity index is 759. The van der Waals surface area contributed by atoms with Crippen LogP contribution < -0.4 is 5.32 Å². The highest BCUT2D eigenvalue weighted by Crippen LogP contribution is 2.33. The number of alkyl halides is 3. The van der Waals surface area contributed by atoms with Crippen LogP contribution in [0.1, 0.15) is 31.4 Å². The lowest BCUT2D eigenvalue weighted by molar-refractivity contribution is -0.192. The minimum atomic E-state index is -5.08. The molecule has 0 spiro atoms. The Hall–Kier alpha value is -2.24. The van der Waals surface area contributed by atoms with E-state index in [0.29, 0.717) is 12.0 Å². The average Bonchev–Trinajstić information content (AvgIpc) is 3.35. The summed E-state index contributed by atoms with van der Waals surface area (Å²) in [6, 6.07) is 6.35. The fourth-order valence-electron chi connectivity index (χ4n) is 4.21. The molecule has 3 saturated heterocycles. The number of carbonyl (C=O) groups excluding carboxylic acids is 1. The van der Waals surface area contributed by atoms with E-state index in [9.17, 15) is 18.0 Å². The van der Waals surface area contributed by atoms with E-state index in [1.54, 1.807) is 0 Å². The summed E-state index contributed by atoms with van der Waals surface area (Å²) in [5.74, 6) is -2.16. The van der Waals surface area contributed by atoms with Gasteiger partial charge in [0.25, 0.3) is 0 Å². The van der Waals surface area contributed by atoms with Crippen molar-refractivity contribution in [1.82, 2.24) is 15.2 Å². The maximum Gasteiger partial charge on any atom is 0.490 e. The monoisotopic (exact) mass is 459 g/mol. The number of hydrogen-bond acceptors (Lipinski definition) is 6. The van der Waals surface area contributed by atoms with Crippen LogP contribution in [-0.2, 0) is 25.6 Å². The van der Waals surface area contributed by atoms with E-state index >= 15 is 0 Å². The van der Waals surface area contributed by atoms with Crippen LogP contribution >= 0.6 is 0 Å². The van der Waals surface area contributed by atoms with E-state index in [1.807, 2.05) is 18.3 Å².